The van der Waals surface area contributed by atoms with E-state index < -0.39 is 0 Å². The van der Waals surface area contributed by atoms with Crippen LogP contribution in [0.1, 0.15) is 130 Å². The Bertz CT molecular complexity index is 928. The normalized spacial score (nSPS) is 13.9. The monoisotopic (exact) mass is 465 g/mol. The lowest BCUT2D eigenvalue weighted by Crippen LogP contribution is -2.30. The molecular formula is C31H48NP. The predicted octanol–water partition coefficient (Wildman–Crippen LogP) is 9.49. The highest BCUT2D eigenvalue weighted by Gasteiger charge is 2.28. The molecule has 1 nitrogen and oxygen atoms in total. The Hall–Kier alpha value is -1.46. The van der Waals surface area contributed by atoms with Crippen LogP contribution in [0.5, 0.6) is 0 Å². The summed E-state index contributed by atoms with van der Waals surface area (Å²) in [5.41, 5.74) is 8.50. The molecular weight excluding hydrogens is 417 g/mol. The smallest absolute Gasteiger partial charge is 0.0699 e. The van der Waals surface area contributed by atoms with Gasteiger partial charge >= 0.3 is 0 Å². The van der Waals surface area contributed by atoms with E-state index >= 15 is 0 Å². The van der Waals surface area contributed by atoms with Gasteiger partial charge in [-0.3, -0.25) is 4.99 Å². The molecule has 0 bridgehead atoms. The summed E-state index contributed by atoms with van der Waals surface area (Å²) >= 11 is 0. The first kappa shape index (κ1) is 27.8. The first-order valence-corrected chi connectivity index (χ1v) is 13.6. The van der Waals surface area contributed by atoms with Crippen LogP contribution in [0.2, 0.25) is 0 Å². The first-order valence-electron chi connectivity index (χ1n) is 12.6. The average molecular weight is 466 g/mol. The van der Waals surface area contributed by atoms with Crippen LogP contribution < -0.4 is 5.30 Å². The van der Waals surface area contributed by atoms with Crippen LogP contribution in [0.3, 0.4) is 0 Å². The molecule has 0 aliphatic rings. The van der Waals surface area contributed by atoms with Gasteiger partial charge in [0.2, 0.25) is 0 Å². The second kappa shape index (κ2) is 10.0. The molecule has 2 aromatic carbocycles. The molecule has 0 fully saturated rings. The van der Waals surface area contributed by atoms with E-state index in [1.807, 2.05) is 0 Å². The summed E-state index contributed by atoms with van der Waals surface area (Å²) in [4.78, 5) is 5.15. The Balaban J connectivity index is 2.69. The third-order valence-corrected chi connectivity index (χ3v) is 7.45. The van der Waals surface area contributed by atoms with E-state index in [9.17, 15) is 0 Å². The molecule has 2 aromatic rings. The number of rotatable bonds is 5. The zero-order valence-electron chi connectivity index (χ0n) is 23.6. The van der Waals surface area contributed by atoms with Gasteiger partial charge in [0.25, 0.3) is 0 Å². The van der Waals surface area contributed by atoms with E-state index in [-0.39, 0.29) is 16.2 Å². The van der Waals surface area contributed by atoms with Crippen molar-refractivity contribution in [3.8, 4) is 0 Å². The maximum Gasteiger partial charge on any atom is 0.0699 e. The van der Waals surface area contributed by atoms with Gasteiger partial charge in [0.1, 0.15) is 0 Å². The highest BCUT2D eigenvalue weighted by Crippen LogP contribution is 2.38. The number of aliphatic imine (C=N–C) groups is 1. The van der Waals surface area contributed by atoms with Crippen molar-refractivity contribution in [3.05, 3.63) is 58.1 Å². The first-order chi connectivity index (χ1) is 14.9. The Labute approximate surface area is 206 Å². The molecule has 0 saturated heterocycles. The van der Waals surface area contributed by atoms with Gasteiger partial charge in [-0.15, -0.1) is 0 Å². The fraction of sp³-hybridized carbons (Fsp3) is 0.581. The minimum atomic E-state index is 0.0797. The predicted molar refractivity (Wildman–Crippen MR) is 153 cm³/mol. The number of hydrogen-bond acceptors (Lipinski definition) is 1. The summed E-state index contributed by atoms with van der Waals surface area (Å²) in [5.74, 6) is 3.12. The lowest BCUT2D eigenvalue weighted by Gasteiger charge is -2.33. The van der Waals surface area contributed by atoms with Crippen molar-refractivity contribution in [1.29, 1.82) is 0 Å². The molecule has 0 spiro atoms. The molecule has 0 aromatic heterocycles. The molecule has 0 aliphatic heterocycles. The Morgan fingerprint density at radius 3 is 1.45 bits per heavy atom. The summed E-state index contributed by atoms with van der Waals surface area (Å²) in [6.07, 6.45) is 0. The van der Waals surface area contributed by atoms with E-state index in [0.717, 1.165) is 0 Å². The standard InChI is InChI=1S/C31H48NP/c1-20(2)23-15-14-16-24(21(3)4)27(23)32-19-33-28-25(30(8,9)10)17-22(29(5,6)7)18-26(28)31(11,12)13/h14-21,33H,1-13H3. The molecule has 2 rings (SSSR count). The van der Waals surface area contributed by atoms with Gasteiger partial charge in [-0.2, -0.15) is 0 Å². The molecule has 0 heterocycles. The molecule has 0 radical (unpaired) electrons. The highest BCUT2D eigenvalue weighted by molar-refractivity contribution is 7.63. The van der Waals surface area contributed by atoms with Gasteiger partial charge in [-0.05, 0) is 69.8 Å². The maximum absolute atomic E-state index is 5.15. The number of para-hydroxylation sites is 1. The van der Waals surface area contributed by atoms with E-state index in [2.05, 4.69) is 126 Å². The molecule has 0 N–H and O–H groups in total. The zero-order chi connectivity index (χ0) is 25.4. The molecule has 0 amide bonds. The molecule has 1 unspecified atom stereocenters. The van der Waals surface area contributed by atoms with E-state index in [4.69, 9.17) is 4.99 Å². The minimum absolute atomic E-state index is 0.0797. The van der Waals surface area contributed by atoms with Crippen LogP contribution in [-0.2, 0) is 16.2 Å². The van der Waals surface area contributed by atoms with Gasteiger partial charge in [0, 0.05) is 5.96 Å². The number of hydrogen-bond donors (Lipinski definition) is 0. The van der Waals surface area contributed by atoms with Crippen molar-refractivity contribution in [2.24, 2.45) is 4.99 Å². The summed E-state index contributed by atoms with van der Waals surface area (Å²) in [5, 5.41) is 1.47. The maximum atomic E-state index is 5.15. The van der Waals surface area contributed by atoms with Crippen molar-refractivity contribution in [1.82, 2.24) is 0 Å². The van der Waals surface area contributed by atoms with E-state index in [1.165, 1.54) is 38.8 Å². The SMILES string of the molecule is CC(C)c1cccc(C(C)C)c1N=CPc1c(C(C)(C)C)cc(C(C)(C)C)cc1C(C)(C)C. The highest BCUT2D eigenvalue weighted by atomic mass is 31.1. The fourth-order valence-corrected chi connectivity index (χ4v) is 5.76. The third kappa shape index (κ3) is 6.79. The van der Waals surface area contributed by atoms with Crippen LogP contribution in [-0.4, -0.2) is 5.96 Å². The molecule has 0 saturated carbocycles. The third-order valence-electron chi connectivity index (χ3n) is 6.37. The quantitative estimate of drug-likeness (QED) is 0.308. The van der Waals surface area contributed by atoms with Gasteiger partial charge in [0.15, 0.2) is 0 Å². The Morgan fingerprint density at radius 2 is 1.12 bits per heavy atom. The molecule has 33 heavy (non-hydrogen) atoms. The number of nitrogens with zero attached hydrogens (tertiary/aromatic N) is 1. The second-order valence-corrected chi connectivity index (χ2v) is 14.2. The minimum Gasteiger partial charge on any atom is -0.256 e. The number of benzene rings is 2. The topological polar surface area (TPSA) is 12.4 Å². The summed E-state index contributed by atoms with van der Waals surface area (Å²) in [6.45, 7) is 30.1. The van der Waals surface area contributed by atoms with Crippen molar-refractivity contribution in [3.63, 3.8) is 0 Å². The largest absolute Gasteiger partial charge is 0.256 e. The lowest BCUT2D eigenvalue weighted by molar-refractivity contribution is 0.554. The van der Waals surface area contributed by atoms with Crippen molar-refractivity contribution in [2.75, 3.05) is 0 Å². The van der Waals surface area contributed by atoms with Crippen LogP contribution in [0.25, 0.3) is 0 Å². The Kier molecular flexibility index (Phi) is 8.45. The molecule has 2 heteroatoms. The summed E-state index contributed by atoms with van der Waals surface area (Å²) in [6, 6.07) is 11.6. The molecule has 182 valence electrons. The van der Waals surface area contributed by atoms with Gasteiger partial charge < -0.3 is 0 Å². The van der Waals surface area contributed by atoms with E-state index in [1.54, 1.807) is 0 Å². The molecule has 1 atom stereocenters. The van der Waals surface area contributed by atoms with Crippen LogP contribution in [0.15, 0.2) is 35.3 Å². The van der Waals surface area contributed by atoms with Crippen LogP contribution in [0.4, 0.5) is 5.69 Å². The van der Waals surface area contributed by atoms with Crippen molar-refractivity contribution in [2.45, 2.75) is 118 Å². The lowest BCUT2D eigenvalue weighted by atomic mass is 9.75. The van der Waals surface area contributed by atoms with Crippen molar-refractivity contribution < 1.29 is 0 Å². The van der Waals surface area contributed by atoms with Gasteiger partial charge in [-0.1, -0.05) is 120 Å². The van der Waals surface area contributed by atoms with Crippen LogP contribution in [0, 0.1) is 0 Å². The van der Waals surface area contributed by atoms with Gasteiger partial charge in [0.05, 0.1) is 5.69 Å². The second-order valence-electron chi connectivity index (χ2n) is 13.2. The molecule has 0 aliphatic carbocycles. The average Bonchev–Trinajstić information content (AvgIpc) is 2.65. The fourth-order valence-electron chi connectivity index (χ4n) is 4.24. The summed E-state index contributed by atoms with van der Waals surface area (Å²) in [7, 11) is 0.543. The van der Waals surface area contributed by atoms with Crippen LogP contribution >= 0.6 is 8.58 Å². The Morgan fingerprint density at radius 1 is 0.697 bits per heavy atom. The summed E-state index contributed by atoms with van der Waals surface area (Å²) < 4.78 is 0. The van der Waals surface area contributed by atoms with Gasteiger partial charge in [-0.25, -0.2) is 0 Å². The van der Waals surface area contributed by atoms with Crippen molar-refractivity contribution >= 4 is 25.5 Å². The van der Waals surface area contributed by atoms with E-state index in [0.29, 0.717) is 20.4 Å². The zero-order valence-corrected chi connectivity index (χ0v) is 24.6.